The van der Waals surface area contributed by atoms with Gasteiger partial charge in [0.2, 0.25) is 5.91 Å². The number of benzene rings is 2. The van der Waals surface area contributed by atoms with E-state index in [9.17, 15) is 4.79 Å². The molecule has 36 heavy (non-hydrogen) atoms. The summed E-state index contributed by atoms with van der Waals surface area (Å²) in [6.45, 7) is 8.23. The number of hydrogen-bond donors (Lipinski definition) is 0. The van der Waals surface area contributed by atoms with Gasteiger partial charge in [-0.05, 0) is 49.2 Å². The van der Waals surface area contributed by atoms with Gasteiger partial charge in [-0.1, -0.05) is 31.4 Å². The second-order valence-electron chi connectivity index (χ2n) is 9.71. The predicted molar refractivity (Wildman–Crippen MR) is 144 cm³/mol. The number of rotatable bonds is 5. The fourth-order valence-corrected chi connectivity index (χ4v) is 5.34. The lowest BCUT2D eigenvalue weighted by Gasteiger charge is -2.32. The summed E-state index contributed by atoms with van der Waals surface area (Å²) in [5.74, 6) is 1.65. The number of methoxy groups -OCH3 is 2. The van der Waals surface area contributed by atoms with Crippen LogP contribution in [-0.2, 0) is 22.6 Å². The van der Waals surface area contributed by atoms with Gasteiger partial charge in [0, 0.05) is 56.6 Å². The van der Waals surface area contributed by atoms with Crippen molar-refractivity contribution in [3.8, 4) is 11.5 Å². The standard InChI is InChI=1S/C29H41N3O4/c1-23(33)32-15-8-6-4-5-7-14-30(21-24-10-9-11-28(34-2)29(24)35-3)22-25-20-26(12-13-27(25)32)31-16-18-36-19-17-31/h9-13,20H,4-8,14-19,21-22H2,1-3H3. The van der Waals surface area contributed by atoms with Crippen LogP contribution in [0.1, 0.15) is 50.2 Å². The second kappa shape index (κ2) is 13.0. The topological polar surface area (TPSA) is 54.5 Å². The minimum atomic E-state index is 0.105. The molecule has 2 aliphatic heterocycles. The van der Waals surface area contributed by atoms with Gasteiger partial charge in [-0.2, -0.15) is 0 Å². The number of carbonyl (C=O) groups is 1. The van der Waals surface area contributed by atoms with Crippen molar-refractivity contribution in [2.24, 2.45) is 0 Å². The highest BCUT2D eigenvalue weighted by atomic mass is 16.5. The molecule has 2 aliphatic rings. The van der Waals surface area contributed by atoms with E-state index >= 15 is 0 Å². The van der Waals surface area contributed by atoms with Crippen molar-refractivity contribution >= 4 is 17.3 Å². The summed E-state index contributed by atoms with van der Waals surface area (Å²) < 4.78 is 16.9. The van der Waals surface area contributed by atoms with Crippen molar-refractivity contribution in [2.75, 3.05) is 63.4 Å². The Hall–Kier alpha value is -2.77. The van der Waals surface area contributed by atoms with Crippen LogP contribution in [0.15, 0.2) is 36.4 Å². The first-order valence-corrected chi connectivity index (χ1v) is 13.3. The van der Waals surface area contributed by atoms with Crippen LogP contribution in [0.2, 0.25) is 0 Å². The van der Waals surface area contributed by atoms with Crippen LogP contribution in [0.5, 0.6) is 11.5 Å². The molecule has 0 bridgehead atoms. The maximum Gasteiger partial charge on any atom is 0.223 e. The van der Waals surface area contributed by atoms with E-state index in [0.717, 1.165) is 94.5 Å². The number of hydrogen-bond acceptors (Lipinski definition) is 6. The van der Waals surface area contributed by atoms with Gasteiger partial charge in [-0.3, -0.25) is 9.69 Å². The highest BCUT2D eigenvalue weighted by molar-refractivity contribution is 5.92. The summed E-state index contributed by atoms with van der Waals surface area (Å²) in [4.78, 5) is 19.6. The Bertz CT molecular complexity index is 1010. The Morgan fingerprint density at radius 1 is 0.917 bits per heavy atom. The average molecular weight is 496 g/mol. The number of carbonyl (C=O) groups excluding carboxylic acids is 1. The van der Waals surface area contributed by atoms with Gasteiger partial charge in [0.15, 0.2) is 11.5 Å². The third kappa shape index (κ3) is 6.51. The minimum Gasteiger partial charge on any atom is -0.493 e. The molecule has 1 fully saturated rings. The third-order valence-electron chi connectivity index (χ3n) is 7.24. The summed E-state index contributed by atoms with van der Waals surface area (Å²) >= 11 is 0. The van der Waals surface area contributed by atoms with Gasteiger partial charge in [0.1, 0.15) is 0 Å². The SMILES string of the molecule is COc1cccc(CN2CCCCCCCN(C(C)=O)c3ccc(N4CCOCC4)cc3C2)c1OC. The van der Waals surface area contributed by atoms with Crippen LogP contribution < -0.4 is 19.3 Å². The fraction of sp³-hybridized carbons (Fsp3) is 0.552. The Morgan fingerprint density at radius 3 is 2.39 bits per heavy atom. The van der Waals surface area contributed by atoms with E-state index in [1.54, 1.807) is 21.1 Å². The molecule has 0 radical (unpaired) electrons. The molecule has 2 aromatic rings. The Kier molecular flexibility index (Phi) is 9.47. The minimum absolute atomic E-state index is 0.105. The molecule has 0 saturated carbocycles. The molecule has 4 rings (SSSR count). The van der Waals surface area contributed by atoms with Crippen LogP contribution in [0, 0.1) is 0 Å². The zero-order valence-corrected chi connectivity index (χ0v) is 22.1. The predicted octanol–water partition coefficient (Wildman–Crippen LogP) is 4.86. The molecule has 2 heterocycles. The van der Waals surface area contributed by atoms with Crippen LogP contribution in [-0.4, -0.2) is 64.4 Å². The molecule has 0 spiro atoms. The summed E-state index contributed by atoms with van der Waals surface area (Å²) in [5.41, 5.74) is 4.53. The van der Waals surface area contributed by atoms with E-state index in [-0.39, 0.29) is 5.91 Å². The van der Waals surface area contributed by atoms with E-state index < -0.39 is 0 Å². The van der Waals surface area contributed by atoms with Crippen LogP contribution in [0.4, 0.5) is 11.4 Å². The molecule has 0 aliphatic carbocycles. The molecule has 1 saturated heterocycles. The van der Waals surface area contributed by atoms with Crippen molar-refractivity contribution in [3.05, 3.63) is 47.5 Å². The lowest BCUT2D eigenvalue weighted by atomic mass is 10.0. The third-order valence-corrected chi connectivity index (χ3v) is 7.24. The van der Waals surface area contributed by atoms with E-state index in [1.165, 1.54) is 24.1 Å². The summed E-state index contributed by atoms with van der Waals surface area (Å²) in [6, 6.07) is 12.7. The number of ether oxygens (including phenoxy) is 3. The van der Waals surface area contributed by atoms with Gasteiger partial charge in [-0.25, -0.2) is 0 Å². The zero-order chi connectivity index (χ0) is 25.3. The van der Waals surface area contributed by atoms with Gasteiger partial charge in [0.05, 0.1) is 27.4 Å². The molecule has 0 unspecified atom stereocenters. The lowest BCUT2D eigenvalue weighted by molar-refractivity contribution is -0.116. The van der Waals surface area contributed by atoms with Gasteiger partial charge in [-0.15, -0.1) is 0 Å². The zero-order valence-electron chi connectivity index (χ0n) is 22.1. The first kappa shape index (κ1) is 26.3. The number of para-hydroxylation sites is 1. The molecule has 1 amide bonds. The smallest absolute Gasteiger partial charge is 0.223 e. The van der Waals surface area contributed by atoms with E-state index in [0.29, 0.717) is 0 Å². The van der Waals surface area contributed by atoms with Gasteiger partial charge < -0.3 is 24.0 Å². The number of nitrogens with zero attached hydrogens (tertiary/aromatic N) is 3. The van der Waals surface area contributed by atoms with Crippen LogP contribution in [0.3, 0.4) is 0 Å². The van der Waals surface area contributed by atoms with Crippen molar-refractivity contribution in [2.45, 2.75) is 52.1 Å². The molecule has 7 nitrogen and oxygen atoms in total. The average Bonchev–Trinajstić information content (AvgIpc) is 2.89. The second-order valence-corrected chi connectivity index (χ2v) is 9.71. The lowest BCUT2D eigenvalue weighted by Crippen LogP contribution is -2.36. The summed E-state index contributed by atoms with van der Waals surface area (Å²) in [6.07, 6.45) is 5.74. The fourth-order valence-electron chi connectivity index (χ4n) is 5.34. The monoisotopic (exact) mass is 495 g/mol. The number of morpholine rings is 1. The highest BCUT2D eigenvalue weighted by Gasteiger charge is 2.22. The van der Waals surface area contributed by atoms with Crippen LogP contribution in [0.25, 0.3) is 0 Å². The molecular formula is C29H41N3O4. The summed E-state index contributed by atoms with van der Waals surface area (Å²) in [5, 5.41) is 0. The first-order chi connectivity index (χ1) is 17.6. The van der Waals surface area contributed by atoms with E-state index in [4.69, 9.17) is 14.2 Å². The van der Waals surface area contributed by atoms with Gasteiger partial charge >= 0.3 is 0 Å². The normalized spacial score (nSPS) is 18.1. The van der Waals surface area contributed by atoms with E-state index in [1.807, 2.05) is 17.0 Å². The molecule has 7 heteroatoms. The Balaban J connectivity index is 1.70. The first-order valence-electron chi connectivity index (χ1n) is 13.3. The molecule has 0 atom stereocenters. The van der Waals surface area contributed by atoms with Crippen LogP contribution >= 0.6 is 0 Å². The van der Waals surface area contributed by atoms with Crippen molar-refractivity contribution in [3.63, 3.8) is 0 Å². The quantitative estimate of drug-likeness (QED) is 0.591. The number of anilines is 2. The van der Waals surface area contributed by atoms with Crippen molar-refractivity contribution in [1.29, 1.82) is 0 Å². The summed E-state index contributed by atoms with van der Waals surface area (Å²) in [7, 11) is 3.38. The van der Waals surface area contributed by atoms with Gasteiger partial charge in [0.25, 0.3) is 0 Å². The molecule has 0 aromatic heterocycles. The molecule has 0 N–H and O–H groups in total. The maximum absolute atomic E-state index is 12.7. The largest absolute Gasteiger partial charge is 0.493 e. The van der Waals surface area contributed by atoms with Crippen molar-refractivity contribution < 1.29 is 19.0 Å². The number of amides is 1. The Morgan fingerprint density at radius 2 is 1.67 bits per heavy atom. The molecular weight excluding hydrogens is 454 g/mol. The highest BCUT2D eigenvalue weighted by Crippen LogP contribution is 2.34. The van der Waals surface area contributed by atoms with Crippen molar-refractivity contribution in [1.82, 2.24) is 4.90 Å². The number of fused-ring (bicyclic) bond motifs is 1. The molecule has 2 aromatic carbocycles. The van der Waals surface area contributed by atoms with E-state index in [2.05, 4.69) is 34.1 Å². The molecule has 196 valence electrons. The Labute approximate surface area is 215 Å². The maximum atomic E-state index is 12.7.